The van der Waals surface area contributed by atoms with Gasteiger partial charge in [-0.05, 0) is 50.1 Å². The second kappa shape index (κ2) is 9.83. The van der Waals surface area contributed by atoms with Gasteiger partial charge in [0.2, 0.25) is 5.91 Å². The first-order valence-electron chi connectivity index (χ1n) is 11.7. The number of hydrogen-bond acceptors (Lipinski definition) is 7. The standard InChI is InChI=1S/C25H27ClFN5O3/c1-34-21-13-19-17(23(30-15-29-19)31-20-11-16(26)3-4-18(20)27)12-22(21)35-10-2-8-32-9-6-25(14-32)5-7-28-24(25)33/h3-4,11-13,15H,2,5-10,14H2,1H3,(H,28,33)(H,29,30,31). The number of aromatic nitrogens is 2. The number of nitrogens with zero attached hydrogens (tertiary/aromatic N) is 3. The molecule has 184 valence electrons. The van der Waals surface area contributed by atoms with E-state index in [1.165, 1.54) is 24.5 Å². The summed E-state index contributed by atoms with van der Waals surface area (Å²) in [5.41, 5.74) is 0.648. The minimum atomic E-state index is -0.440. The van der Waals surface area contributed by atoms with Gasteiger partial charge in [-0.3, -0.25) is 4.79 Å². The summed E-state index contributed by atoms with van der Waals surface area (Å²) in [6.45, 7) is 3.86. The average Bonchev–Trinajstić information content (AvgIpc) is 3.44. The normalized spacial score (nSPS) is 19.9. The lowest BCUT2D eigenvalue weighted by atomic mass is 9.86. The molecule has 1 spiro atoms. The summed E-state index contributed by atoms with van der Waals surface area (Å²) in [6, 6.07) is 7.86. The Kier molecular flexibility index (Phi) is 6.62. The number of likely N-dealkylation sites (tertiary alicyclic amines) is 1. The zero-order valence-electron chi connectivity index (χ0n) is 19.4. The summed E-state index contributed by atoms with van der Waals surface area (Å²) in [5.74, 6) is 1.29. The van der Waals surface area contributed by atoms with Crippen molar-refractivity contribution in [3.05, 3.63) is 47.5 Å². The Hall–Kier alpha value is -3.17. The molecule has 2 aromatic carbocycles. The molecule has 2 saturated heterocycles. The SMILES string of the molecule is COc1cc2ncnc(Nc3cc(Cl)ccc3F)c2cc1OCCCN1CCC2(CCNC2=O)C1. The molecule has 10 heteroatoms. The maximum Gasteiger partial charge on any atom is 0.227 e. The molecule has 2 aliphatic heterocycles. The number of methoxy groups -OCH3 is 1. The van der Waals surface area contributed by atoms with Gasteiger partial charge >= 0.3 is 0 Å². The van der Waals surface area contributed by atoms with Crippen molar-refractivity contribution in [2.75, 3.05) is 45.2 Å². The van der Waals surface area contributed by atoms with Crippen LogP contribution in [-0.2, 0) is 4.79 Å². The van der Waals surface area contributed by atoms with Crippen LogP contribution in [0.15, 0.2) is 36.7 Å². The average molecular weight is 500 g/mol. The number of ether oxygens (including phenoxy) is 2. The largest absolute Gasteiger partial charge is 0.493 e. The summed E-state index contributed by atoms with van der Waals surface area (Å²) < 4.78 is 25.9. The van der Waals surface area contributed by atoms with Gasteiger partial charge in [-0.25, -0.2) is 14.4 Å². The second-order valence-corrected chi connectivity index (χ2v) is 9.44. The summed E-state index contributed by atoms with van der Waals surface area (Å²) in [4.78, 5) is 23.1. The number of halogens is 2. The Morgan fingerprint density at radius 1 is 1.23 bits per heavy atom. The predicted octanol–water partition coefficient (Wildman–Crippen LogP) is 4.16. The highest BCUT2D eigenvalue weighted by Crippen LogP contribution is 2.38. The topological polar surface area (TPSA) is 88.6 Å². The molecule has 2 fully saturated rings. The molecule has 2 N–H and O–H groups in total. The van der Waals surface area contributed by atoms with Crippen LogP contribution in [0.3, 0.4) is 0 Å². The lowest BCUT2D eigenvalue weighted by molar-refractivity contribution is -0.127. The van der Waals surface area contributed by atoms with Gasteiger partial charge < -0.3 is 25.0 Å². The highest BCUT2D eigenvalue weighted by molar-refractivity contribution is 6.30. The third-order valence-electron chi connectivity index (χ3n) is 6.78. The monoisotopic (exact) mass is 499 g/mol. The number of carbonyl (C=O) groups is 1. The molecule has 3 heterocycles. The van der Waals surface area contributed by atoms with E-state index in [0.29, 0.717) is 39.8 Å². The van der Waals surface area contributed by atoms with E-state index in [-0.39, 0.29) is 17.0 Å². The highest BCUT2D eigenvalue weighted by atomic mass is 35.5. The van der Waals surface area contributed by atoms with E-state index >= 15 is 0 Å². The number of carbonyl (C=O) groups excluding carboxylic acids is 1. The first-order chi connectivity index (χ1) is 17.0. The number of benzene rings is 2. The molecular formula is C25H27ClFN5O3. The molecule has 3 aromatic rings. The van der Waals surface area contributed by atoms with Gasteiger partial charge in [-0.2, -0.15) is 0 Å². The fourth-order valence-corrected chi connectivity index (χ4v) is 5.05. The van der Waals surface area contributed by atoms with E-state index in [9.17, 15) is 9.18 Å². The van der Waals surface area contributed by atoms with Gasteiger partial charge in [0, 0.05) is 36.1 Å². The van der Waals surface area contributed by atoms with Crippen molar-refractivity contribution in [3.8, 4) is 11.5 Å². The van der Waals surface area contributed by atoms with E-state index in [1.807, 2.05) is 0 Å². The molecule has 1 amide bonds. The van der Waals surface area contributed by atoms with E-state index in [2.05, 4.69) is 25.5 Å². The minimum Gasteiger partial charge on any atom is -0.493 e. The maximum atomic E-state index is 14.3. The van der Waals surface area contributed by atoms with Crippen LogP contribution in [0.2, 0.25) is 5.02 Å². The minimum absolute atomic E-state index is 0.196. The van der Waals surface area contributed by atoms with E-state index in [1.54, 1.807) is 19.2 Å². The number of nitrogens with one attached hydrogen (secondary N) is 2. The van der Waals surface area contributed by atoms with Gasteiger partial charge in [-0.1, -0.05) is 11.6 Å². The molecule has 1 atom stereocenters. The molecule has 0 radical (unpaired) electrons. The lowest BCUT2D eigenvalue weighted by Gasteiger charge is -2.21. The Labute approximate surface area is 207 Å². The Morgan fingerprint density at radius 3 is 2.91 bits per heavy atom. The van der Waals surface area contributed by atoms with Crippen molar-refractivity contribution in [1.82, 2.24) is 20.2 Å². The van der Waals surface area contributed by atoms with Crippen LogP contribution in [0.1, 0.15) is 19.3 Å². The molecule has 0 bridgehead atoms. The first kappa shape index (κ1) is 23.6. The van der Waals surface area contributed by atoms with Crippen LogP contribution < -0.4 is 20.1 Å². The smallest absolute Gasteiger partial charge is 0.227 e. The second-order valence-electron chi connectivity index (χ2n) is 9.01. The molecule has 8 nitrogen and oxygen atoms in total. The van der Waals surface area contributed by atoms with Crippen molar-refractivity contribution in [2.45, 2.75) is 19.3 Å². The van der Waals surface area contributed by atoms with Crippen molar-refractivity contribution < 1.29 is 18.7 Å². The van der Waals surface area contributed by atoms with E-state index in [4.69, 9.17) is 21.1 Å². The number of amides is 1. The third kappa shape index (κ3) is 4.83. The van der Waals surface area contributed by atoms with Crippen molar-refractivity contribution in [1.29, 1.82) is 0 Å². The molecular weight excluding hydrogens is 473 g/mol. The van der Waals surface area contributed by atoms with Crippen LogP contribution in [0.4, 0.5) is 15.9 Å². The van der Waals surface area contributed by atoms with Crippen LogP contribution in [0, 0.1) is 11.2 Å². The van der Waals surface area contributed by atoms with E-state index in [0.717, 1.165) is 45.4 Å². The van der Waals surface area contributed by atoms with Gasteiger partial charge in [0.25, 0.3) is 0 Å². The molecule has 1 unspecified atom stereocenters. The number of rotatable bonds is 8. The molecule has 35 heavy (non-hydrogen) atoms. The van der Waals surface area contributed by atoms with Crippen LogP contribution in [0.25, 0.3) is 10.9 Å². The maximum absolute atomic E-state index is 14.3. The van der Waals surface area contributed by atoms with Gasteiger partial charge in [0.15, 0.2) is 11.5 Å². The third-order valence-corrected chi connectivity index (χ3v) is 7.02. The zero-order chi connectivity index (χ0) is 24.4. The van der Waals surface area contributed by atoms with Crippen molar-refractivity contribution >= 4 is 39.9 Å². The van der Waals surface area contributed by atoms with Gasteiger partial charge in [-0.15, -0.1) is 0 Å². The number of anilines is 2. The fourth-order valence-electron chi connectivity index (χ4n) is 4.88. The molecule has 0 saturated carbocycles. The predicted molar refractivity (Wildman–Crippen MR) is 132 cm³/mol. The van der Waals surface area contributed by atoms with E-state index < -0.39 is 5.82 Å². The summed E-state index contributed by atoms with van der Waals surface area (Å²) in [7, 11) is 1.58. The summed E-state index contributed by atoms with van der Waals surface area (Å²) >= 11 is 6.03. The lowest BCUT2D eigenvalue weighted by Crippen LogP contribution is -2.34. The van der Waals surface area contributed by atoms with Crippen LogP contribution >= 0.6 is 11.6 Å². The Bertz CT molecular complexity index is 1260. The highest BCUT2D eigenvalue weighted by Gasteiger charge is 2.46. The van der Waals surface area contributed by atoms with Crippen molar-refractivity contribution in [2.24, 2.45) is 5.41 Å². The molecule has 5 rings (SSSR count). The molecule has 2 aliphatic rings. The number of hydrogen-bond donors (Lipinski definition) is 2. The molecule has 0 aliphatic carbocycles. The van der Waals surface area contributed by atoms with Gasteiger partial charge in [0.05, 0.1) is 30.3 Å². The summed E-state index contributed by atoms with van der Waals surface area (Å²) in [5, 5.41) is 7.05. The Morgan fingerprint density at radius 2 is 2.11 bits per heavy atom. The first-order valence-corrected chi connectivity index (χ1v) is 12.0. The van der Waals surface area contributed by atoms with Crippen LogP contribution in [0.5, 0.6) is 11.5 Å². The number of fused-ring (bicyclic) bond motifs is 1. The quantitative estimate of drug-likeness (QED) is 0.450. The molecule has 1 aromatic heterocycles. The Balaban J connectivity index is 1.27. The van der Waals surface area contributed by atoms with Crippen LogP contribution in [-0.4, -0.2) is 60.7 Å². The zero-order valence-corrected chi connectivity index (χ0v) is 20.2. The van der Waals surface area contributed by atoms with Crippen molar-refractivity contribution in [3.63, 3.8) is 0 Å². The summed E-state index contributed by atoms with van der Waals surface area (Å²) in [6.07, 6.45) is 4.05. The van der Waals surface area contributed by atoms with Gasteiger partial charge in [0.1, 0.15) is 18.0 Å². The fraction of sp³-hybridized carbons (Fsp3) is 0.400.